The van der Waals surface area contributed by atoms with Crippen molar-refractivity contribution in [1.29, 1.82) is 0 Å². The second-order valence-corrected chi connectivity index (χ2v) is 10.0. The molecule has 0 saturated heterocycles. The molecule has 36 heavy (non-hydrogen) atoms. The molecule has 8 heteroatoms. The van der Waals surface area contributed by atoms with Gasteiger partial charge in [-0.25, -0.2) is 9.59 Å². The summed E-state index contributed by atoms with van der Waals surface area (Å²) in [6, 6.07) is 9.70. The number of hydrogen-bond donors (Lipinski definition) is 0. The van der Waals surface area contributed by atoms with Crippen molar-refractivity contribution in [3.63, 3.8) is 0 Å². The summed E-state index contributed by atoms with van der Waals surface area (Å²) in [7, 11) is 0. The number of benzene rings is 2. The Morgan fingerprint density at radius 1 is 0.639 bits per heavy atom. The minimum Gasteiger partial charge on any atom is -0.427 e. The molecule has 5 rings (SSSR count). The smallest absolute Gasteiger partial charge is 0.340 e. The monoisotopic (exact) mass is 488 g/mol. The van der Waals surface area contributed by atoms with E-state index in [4.69, 9.17) is 18.3 Å². The van der Waals surface area contributed by atoms with Gasteiger partial charge in [-0.15, -0.1) is 0 Å². The van der Waals surface area contributed by atoms with Crippen LogP contribution in [0.3, 0.4) is 0 Å². The standard InChI is InChI=1S/C28H24O8/c1-13(29)33-15-7-9-17-19(11-15)35-25(31)23-21(17)27(3,4)24-22(28(23,5)6)18-10-8-16(34-14(2)30)12-20(18)36-26(24)32/h7-12H,1-6H3. The Kier molecular flexibility index (Phi) is 5.00. The largest absolute Gasteiger partial charge is 0.427 e. The molecule has 0 unspecified atom stereocenters. The van der Waals surface area contributed by atoms with E-state index in [1.165, 1.54) is 26.0 Å². The molecule has 0 radical (unpaired) electrons. The molecule has 184 valence electrons. The quantitative estimate of drug-likeness (QED) is 0.226. The van der Waals surface area contributed by atoms with Crippen LogP contribution in [0.1, 0.15) is 63.8 Å². The molecule has 2 heterocycles. The molecule has 4 aromatic rings. The van der Waals surface area contributed by atoms with Crippen LogP contribution < -0.4 is 20.7 Å². The van der Waals surface area contributed by atoms with Crippen LogP contribution in [0, 0.1) is 0 Å². The van der Waals surface area contributed by atoms with E-state index in [2.05, 4.69) is 0 Å². The van der Waals surface area contributed by atoms with Crippen LogP contribution in [0.2, 0.25) is 0 Å². The summed E-state index contributed by atoms with van der Waals surface area (Å²) in [4.78, 5) is 49.8. The van der Waals surface area contributed by atoms with Gasteiger partial charge in [-0.05, 0) is 35.4 Å². The molecule has 8 nitrogen and oxygen atoms in total. The van der Waals surface area contributed by atoms with Crippen molar-refractivity contribution >= 4 is 33.9 Å². The Morgan fingerprint density at radius 2 is 1.00 bits per heavy atom. The lowest BCUT2D eigenvalue weighted by Crippen LogP contribution is -2.44. The Bertz CT molecular complexity index is 1600. The molecule has 1 aliphatic rings. The van der Waals surface area contributed by atoms with Gasteiger partial charge in [0.05, 0.1) is 11.1 Å². The molecule has 0 aliphatic heterocycles. The molecule has 0 amide bonds. The van der Waals surface area contributed by atoms with E-state index in [0.717, 1.165) is 0 Å². The molecular formula is C28H24O8. The predicted octanol–water partition coefficient (Wildman–Crippen LogP) is 4.72. The molecule has 0 atom stereocenters. The summed E-state index contributed by atoms with van der Waals surface area (Å²) < 4.78 is 21.8. The third-order valence-electron chi connectivity index (χ3n) is 6.78. The van der Waals surface area contributed by atoms with Crippen LogP contribution in [0.5, 0.6) is 11.5 Å². The van der Waals surface area contributed by atoms with Gasteiger partial charge in [0.15, 0.2) is 0 Å². The lowest BCUT2D eigenvalue weighted by atomic mass is 9.59. The number of carbonyl (C=O) groups excluding carboxylic acids is 2. The second kappa shape index (κ2) is 7.65. The first kappa shape index (κ1) is 23.5. The molecule has 1 aliphatic carbocycles. The van der Waals surface area contributed by atoms with Crippen molar-refractivity contribution in [2.75, 3.05) is 0 Å². The lowest BCUT2D eigenvalue weighted by Gasteiger charge is -2.42. The maximum Gasteiger partial charge on any atom is 0.340 e. The highest BCUT2D eigenvalue weighted by molar-refractivity contribution is 5.91. The summed E-state index contributed by atoms with van der Waals surface area (Å²) in [6.45, 7) is 10.1. The first-order valence-electron chi connectivity index (χ1n) is 11.4. The van der Waals surface area contributed by atoms with Crippen LogP contribution in [-0.2, 0) is 20.4 Å². The first-order chi connectivity index (χ1) is 16.8. The normalized spacial score (nSPS) is 15.3. The number of rotatable bonds is 2. The Hall–Kier alpha value is -4.20. The van der Waals surface area contributed by atoms with E-state index in [-0.39, 0.29) is 22.7 Å². The van der Waals surface area contributed by atoms with Crippen molar-refractivity contribution in [1.82, 2.24) is 0 Å². The fourth-order valence-corrected chi connectivity index (χ4v) is 5.51. The maximum atomic E-state index is 13.5. The zero-order valence-corrected chi connectivity index (χ0v) is 20.7. The third kappa shape index (κ3) is 3.36. The van der Waals surface area contributed by atoms with Crippen molar-refractivity contribution in [3.8, 4) is 11.5 Å². The Morgan fingerprint density at radius 3 is 1.33 bits per heavy atom. The van der Waals surface area contributed by atoms with Crippen molar-refractivity contribution in [2.45, 2.75) is 52.4 Å². The minimum absolute atomic E-state index is 0.250. The van der Waals surface area contributed by atoms with Crippen LogP contribution in [0.15, 0.2) is 54.8 Å². The zero-order chi connectivity index (χ0) is 26.2. The number of carbonyl (C=O) groups is 2. The molecule has 0 fully saturated rings. The minimum atomic E-state index is -0.930. The summed E-state index contributed by atoms with van der Waals surface area (Å²) in [5, 5.41) is 1.27. The highest BCUT2D eigenvalue weighted by atomic mass is 16.5. The first-order valence-corrected chi connectivity index (χ1v) is 11.4. The number of esters is 2. The summed E-state index contributed by atoms with van der Waals surface area (Å²) >= 11 is 0. The van der Waals surface area contributed by atoms with Crippen LogP contribution in [-0.4, -0.2) is 11.9 Å². The van der Waals surface area contributed by atoms with E-state index in [1.54, 1.807) is 24.3 Å². The average Bonchev–Trinajstić information content (AvgIpc) is 2.75. The van der Waals surface area contributed by atoms with Gasteiger partial charge >= 0.3 is 23.2 Å². The number of hydrogen-bond acceptors (Lipinski definition) is 8. The molecule has 0 spiro atoms. The van der Waals surface area contributed by atoms with E-state index >= 15 is 0 Å². The molecule has 0 N–H and O–H groups in total. The van der Waals surface area contributed by atoms with E-state index < -0.39 is 34.0 Å². The van der Waals surface area contributed by atoms with Crippen molar-refractivity contribution < 1.29 is 27.9 Å². The molecule has 0 bridgehead atoms. The van der Waals surface area contributed by atoms with Gasteiger partial charge in [0.2, 0.25) is 0 Å². The topological polar surface area (TPSA) is 113 Å². The fraction of sp³-hybridized carbons (Fsp3) is 0.286. The average molecular weight is 488 g/mol. The summed E-state index contributed by atoms with van der Waals surface area (Å²) in [6.07, 6.45) is 0. The highest BCUT2D eigenvalue weighted by Gasteiger charge is 2.48. The van der Waals surface area contributed by atoms with Crippen LogP contribution in [0.25, 0.3) is 21.9 Å². The van der Waals surface area contributed by atoms with Crippen LogP contribution >= 0.6 is 0 Å². The van der Waals surface area contributed by atoms with E-state index in [1.807, 2.05) is 27.7 Å². The maximum absolute atomic E-state index is 13.5. The van der Waals surface area contributed by atoms with Gasteiger partial charge in [0.1, 0.15) is 22.7 Å². The van der Waals surface area contributed by atoms with Crippen LogP contribution in [0.4, 0.5) is 0 Å². The van der Waals surface area contributed by atoms with Gasteiger partial charge in [0, 0.05) is 47.6 Å². The highest BCUT2D eigenvalue weighted by Crippen LogP contribution is 2.51. The Balaban J connectivity index is 1.86. The van der Waals surface area contributed by atoms with E-state index in [9.17, 15) is 19.2 Å². The second-order valence-electron chi connectivity index (χ2n) is 10.0. The zero-order valence-electron chi connectivity index (χ0n) is 20.7. The molecule has 0 saturated carbocycles. The molecule has 2 aromatic carbocycles. The molecule has 2 aromatic heterocycles. The van der Waals surface area contributed by atoms with Gasteiger partial charge in [-0.1, -0.05) is 27.7 Å². The van der Waals surface area contributed by atoms with Gasteiger partial charge in [-0.3, -0.25) is 9.59 Å². The predicted molar refractivity (Wildman–Crippen MR) is 132 cm³/mol. The third-order valence-corrected chi connectivity index (χ3v) is 6.78. The Labute approximate surface area is 205 Å². The van der Waals surface area contributed by atoms with Crippen molar-refractivity contribution in [2.24, 2.45) is 0 Å². The summed E-state index contributed by atoms with van der Waals surface area (Å²) in [5.74, 6) is -0.487. The van der Waals surface area contributed by atoms with E-state index in [0.29, 0.717) is 33.0 Å². The van der Waals surface area contributed by atoms with Gasteiger partial charge in [-0.2, -0.15) is 0 Å². The number of ether oxygens (including phenoxy) is 2. The molecular weight excluding hydrogens is 464 g/mol. The van der Waals surface area contributed by atoms with Gasteiger partial charge < -0.3 is 18.3 Å². The summed E-state index contributed by atoms with van der Waals surface area (Å²) in [5.41, 5.74) is -0.262. The lowest BCUT2D eigenvalue weighted by molar-refractivity contribution is -0.132. The fourth-order valence-electron chi connectivity index (χ4n) is 5.51. The SMILES string of the molecule is CC(=O)Oc1ccc2c3c(c(=O)oc2c1)C(C)(C)c1c(c(=O)oc2cc(OC(C)=O)ccc12)C3(C)C. The van der Waals surface area contributed by atoms with Gasteiger partial charge in [0.25, 0.3) is 0 Å². The van der Waals surface area contributed by atoms with Crippen molar-refractivity contribution in [3.05, 3.63) is 79.5 Å². The number of fused-ring (bicyclic) bond motifs is 6.